The Morgan fingerprint density at radius 1 is 1.03 bits per heavy atom. The van der Waals surface area contributed by atoms with Crippen molar-refractivity contribution in [3.63, 3.8) is 0 Å². The first-order valence-electron chi connectivity index (χ1n) is 9.16. The van der Waals surface area contributed by atoms with Gasteiger partial charge in [0.25, 0.3) is 0 Å². The highest BCUT2D eigenvalue weighted by Gasteiger charge is 2.26. The van der Waals surface area contributed by atoms with Crippen molar-refractivity contribution in [2.45, 2.75) is 32.2 Å². The Hall–Kier alpha value is -1.40. The zero-order valence-electron chi connectivity index (χ0n) is 16.3. The minimum Gasteiger partial charge on any atom is -0.355 e. The fourth-order valence-electron chi connectivity index (χ4n) is 2.71. The fourth-order valence-corrected chi connectivity index (χ4v) is 4.55. The summed E-state index contributed by atoms with van der Waals surface area (Å²) in [7, 11) is 0. The smallest absolute Gasteiger partial charge is 0.242 e. The molecule has 1 N–H and O–H groups in total. The van der Waals surface area contributed by atoms with Gasteiger partial charge in [0, 0.05) is 33.9 Å². The van der Waals surface area contributed by atoms with Crippen molar-refractivity contribution in [2.75, 3.05) is 12.3 Å². The highest BCUT2D eigenvalue weighted by molar-refractivity contribution is 7.99. The first-order valence-corrected chi connectivity index (χ1v) is 11.4. The second-order valence-electron chi connectivity index (χ2n) is 6.38. The van der Waals surface area contributed by atoms with Crippen LogP contribution in [0.15, 0.2) is 42.5 Å². The fraction of sp³-hybridized carbons (Fsp3) is 0.333. The van der Waals surface area contributed by atoms with Gasteiger partial charge in [-0.25, -0.2) is 0 Å². The molecule has 2 amide bonds. The standard InChI is InChI=1S/C21H23Cl3N2O2S/c1-3-25-21(28)14(2)26(11-15-7-4-5-8-17(15)22)20(27)13-29-12-16-18(23)9-6-10-19(16)24/h4-10,14H,3,11-13H2,1-2H3,(H,25,28). The molecule has 29 heavy (non-hydrogen) atoms. The van der Waals surface area contributed by atoms with Gasteiger partial charge in [-0.15, -0.1) is 11.8 Å². The van der Waals surface area contributed by atoms with Crippen LogP contribution in [0.2, 0.25) is 15.1 Å². The Labute approximate surface area is 190 Å². The van der Waals surface area contributed by atoms with Gasteiger partial charge in [0.2, 0.25) is 11.8 Å². The van der Waals surface area contributed by atoms with E-state index in [9.17, 15) is 9.59 Å². The van der Waals surface area contributed by atoms with Crippen molar-refractivity contribution in [1.29, 1.82) is 0 Å². The molecule has 1 atom stereocenters. The van der Waals surface area contributed by atoms with E-state index in [0.29, 0.717) is 27.4 Å². The van der Waals surface area contributed by atoms with Gasteiger partial charge in [-0.1, -0.05) is 59.1 Å². The van der Waals surface area contributed by atoms with Crippen LogP contribution in [-0.4, -0.2) is 35.1 Å². The number of rotatable bonds is 9. The number of nitrogens with one attached hydrogen (secondary N) is 1. The van der Waals surface area contributed by atoms with E-state index in [-0.39, 0.29) is 24.1 Å². The van der Waals surface area contributed by atoms with E-state index in [2.05, 4.69) is 5.32 Å². The summed E-state index contributed by atoms with van der Waals surface area (Å²) in [5.74, 6) is 0.332. The van der Waals surface area contributed by atoms with E-state index >= 15 is 0 Å². The molecule has 0 aliphatic carbocycles. The number of hydrogen-bond donors (Lipinski definition) is 1. The average molecular weight is 474 g/mol. The van der Waals surface area contributed by atoms with E-state index in [0.717, 1.165) is 11.1 Å². The number of carbonyl (C=O) groups is 2. The van der Waals surface area contributed by atoms with Crippen molar-refractivity contribution in [3.8, 4) is 0 Å². The predicted molar refractivity (Wildman–Crippen MR) is 123 cm³/mol. The third-order valence-corrected chi connectivity index (χ3v) is 6.37. The van der Waals surface area contributed by atoms with Gasteiger partial charge in [0.05, 0.1) is 5.75 Å². The number of thioether (sulfide) groups is 1. The molecular weight excluding hydrogens is 451 g/mol. The van der Waals surface area contributed by atoms with Gasteiger partial charge >= 0.3 is 0 Å². The average Bonchev–Trinajstić information content (AvgIpc) is 2.69. The third kappa shape index (κ3) is 6.82. The summed E-state index contributed by atoms with van der Waals surface area (Å²) in [6, 6.07) is 12.0. The molecule has 0 spiro atoms. The largest absolute Gasteiger partial charge is 0.355 e. The lowest BCUT2D eigenvalue weighted by molar-refractivity contribution is -0.138. The van der Waals surface area contributed by atoms with Gasteiger partial charge in [0.15, 0.2) is 0 Å². The van der Waals surface area contributed by atoms with Crippen LogP contribution in [0.1, 0.15) is 25.0 Å². The molecule has 156 valence electrons. The normalized spacial score (nSPS) is 11.8. The molecule has 0 bridgehead atoms. The van der Waals surface area contributed by atoms with E-state index in [4.69, 9.17) is 34.8 Å². The molecule has 0 saturated heterocycles. The number of amides is 2. The van der Waals surface area contributed by atoms with E-state index in [1.165, 1.54) is 11.8 Å². The van der Waals surface area contributed by atoms with Crippen LogP contribution in [0.25, 0.3) is 0 Å². The summed E-state index contributed by atoms with van der Waals surface area (Å²) in [5.41, 5.74) is 1.58. The first-order chi connectivity index (χ1) is 13.8. The number of benzene rings is 2. The lowest BCUT2D eigenvalue weighted by Gasteiger charge is -2.29. The molecule has 8 heteroatoms. The predicted octanol–water partition coefficient (Wildman–Crippen LogP) is 5.43. The summed E-state index contributed by atoms with van der Waals surface area (Å²) in [4.78, 5) is 26.9. The summed E-state index contributed by atoms with van der Waals surface area (Å²) >= 11 is 20.1. The molecular formula is C21H23Cl3N2O2S. The van der Waals surface area contributed by atoms with Crippen molar-refractivity contribution in [3.05, 3.63) is 68.7 Å². The van der Waals surface area contributed by atoms with Gasteiger partial charge in [-0.05, 0) is 43.2 Å². The monoisotopic (exact) mass is 472 g/mol. The molecule has 0 radical (unpaired) electrons. The van der Waals surface area contributed by atoms with Crippen LogP contribution in [0.3, 0.4) is 0 Å². The summed E-state index contributed by atoms with van der Waals surface area (Å²) in [6.45, 7) is 4.31. The van der Waals surface area contributed by atoms with Crippen LogP contribution in [0.4, 0.5) is 0 Å². The molecule has 0 saturated carbocycles. The van der Waals surface area contributed by atoms with E-state index in [1.807, 2.05) is 25.1 Å². The second-order valence-corrected chi connectivity index (χ2v) is 8.58. The molecule has 2 rings (SSSR count). The lowest BCUT2D eigenvalue weighted by atomic mass is 10.1. The van der Waals surface area contributed by atoms with Crippen LogP contribution in [0, 0.1) is 0 Å². The Balaban J connectivity index is 2.11. The topological polar surface area (TPSA) is 49.4 Å². The van der Waals surface area contributed by atoms with Gasteiger partial charge in [-0.2, -0.15) is 0 Å². The number of nitrogens with zero attached hydrogens (tertiary/aromatic N) is 1. The maximum atomic E-state index is 13.0. The molecule has 4 nitrogen and oxygen atoms in total. The van der Waals surface area contributed by atoms with Crippen LogP contribution in [-0.2, 0) is 21.9 Å². The summed E-state index contributed by atoms with van der Waals surface area (Å²) in [5, 5.41) is 4.47. The quantitative estimate of drug-likeness (QED) is 0.528. The zero-order chi connectivity index (χ0) is 21.4. The number of halogens is 3. The Bertz CT molecular complexity index is 843. The molecule has 2 aromatic carbocycles. The van der Waals surface area contributed by atoms with Crippen LogP contribution >= 0.6 is 46.6 Å². The number of carbonyl (C=O) groups excluding carboxylic acids is 2. The van der Waals surface area contributed by atoms with E-state index in [1.54, 1.807) is 36.1 Å². The Morgan fingerprint density at radius 2 is 1.66 bits per heavy atom. The van der Waals surface area contributed by atoms with Crippen molar-refractivity contribution in [2.24, 2.45) is 0 Å². The van der Waals surface area contributed by atoms with Crippen molar-refractivity contribution >= 4 is 58.4 Å². The van der Waals surface area contributed by atoms with Crippen molar-refractivity contribution in [1.82, 2.24) is 10.2 Å². The van der Waals surface area contributed by atoms with Gasteiger partial charge < -0.3 is 10.2 Å². The molecule has 0 heterocycles. The summed E-state index contributed by atoms with van der Waals surface area (Å²) in [6.07, 6.45) is 0. The summed E-state index contributed by atoms with van der Waals surface area (Å²) < 4.78 is 0. The second kappa shape index (κ2) is 11.7. The molecule has 0 aromatic heterocycles. The molecule has 1 unspecified atom stereocenters. The maximum Gasteiger partial charge on any atom is 0.242 e. The Kier molecular flexibility index (Phi) is 9.63. The lowest BCUT2D eigenvalue weighted by Crippen LogP contribution is -2.48. The van der Waals surface area contributed by atoms with Crippen LogP contribution in [0.5, 0.6) is 0 Å². The van der Waals surface area contributed by atoms with Crippen LogP contribution < -0.4 is 5.32 Å². The third-order valence-electron chi connectivity index (χ3n) is 4.35. The number of likely N-dealkylation sites (N-methyl/N-ethyl adjacent to an activating group) is 1. The maximum absolute atomic E-state index is 13.0. The van der Waals surface area contributed by atoms with E-state index < -0.39 is 6.04 Å². The first kappa shape index (κ1) is 23.9. The SMILES string of the molecule is CCNC(=O)C(C)N(Cc1ccccc1Cl)C(=O)CSCc1c(Cl)cccc1Cl. The van der Waals surface area contributed by atoms with Gasteiger partial charge in [-0.3, -0.25) is 9.59 Å². The minimum absolute atomic E-state index is 0.156. The number of hydrogen-bond acceptors (Lipinski definition) is 3. The molecule has 0 aliphatic rings. The molecule has 0 aliphatic heterocycles. The van der Waals surface area contributed by atoms with Gasteiger partial charge in [0.1, 0.15) is 6.04 Å². The highest BCUT2D eigenvalue weighted by Crippen LogP contribution is 2.28. The zero-order valence-corrected chi connectivity index (χ0v) is 19.3. The minimum atomic E-state index is -0.622. The Morgan fingerprint density at radius 3 is 2.28 bits per heavy atom. The molecule has 2 aromatic rings. The van der Waals surface area contributed by atoms with Crippen molar-refractivity contribution < 1.29 is 9.59 Å². The molecule has 0 fully saturated rings. The highest BCUT2D eigenvalue weighted by atomic mass is 35.5.